The minimum absolute atomic E-state index is 0.206. The van der Waals surface area contributed by atoms with Crippen molar-refractivity contribution in [2.75, 3.05) is 18.4 Å². The van der Waals surface area contributed by atoms with Crippen molar-refractivity contribution in [3.05, 3.63) is 60.1 Å². The van der Waals surface area contributed by atoms with Crippen LogP contribution in [0.4, 0.5) is 23.7 Å². The Kier molecular flexibility index (Phi) is 6.74. The Balaban J connectivity index is 1.22. The van der Waals surface area contributed by atoms with Gasteiger partial charge in [0.1, 0.15) is 0 Å². The maximum atomic E-state index is 13.1. The van der Waals surface area contributed by atoms with Crippen LogP contribution in [-0.4, -0.2) is 55.9 Å². The minimum atomic E-state index is -4.73. The summed E-state index contributed by atoms with van der Waals surface area (Å²) >= 11 is 0. The number of benzene rings is 2. The predicted molar refractivity (Wildman–Crippen MR) is 131 cm³/mol. The van der Waals surface area contributed by atoms with Crippen LogP contribution in [0.25, 0.3) is 22.3 Å². The second-order valence-corrected chi connectivity index (χ2v) is 8.97. The van der Waals surface area contributed by atoms with Gasteiger partial charge >= 0.3 is 18.1 Å². The molecule has 0 radical (unpaired) electrons. The van der Waals surface area contributed by atoms with Gasteiger partial charge in [0.2, 0.25) is 5.82 Å². The Morgan fingerprint density at radius 3 is 2.61 bits per heavy atom. The number of fused-ring (bicyclic) bond motifs is 1. The summed E-state index contributed by atoms with van der Waals surface area (Å²) in [6.45, 7) is 0.801. The van der Waals surface area contributed by atoms with E-state index in [2.05, 4.69) is 30.4 Å². The first kappa shape index (κ1) is 25.2. The highest BCUT2D eigenvalue weighted by Gasteiger charge is 2.38. The van der Waals surface area contributed by atoms with E-state index in [9.17, 15) is 22.8 Å². The molecule has 38 heavy (non-hydrogen) atoms. The number of anilines is 1. The van der Waals surface area contributed by atoms with Crippen molar-refractivity contribution in [2.24, 2.45) is 7.05 Å². The number of aryl methyl sites for hydroxylation is 1. The fourth-order valence-corrected chi connectivity index (χ4v) is 4.51. The molecular formula is C25H24F3N7O3. The number of carbonyl (C=O) groups is 2. The Bertz CT molecular complexity index is 1460. The number of nitrogens with one attached hydrogen (secondary N) is 2. The number of likely N-dealkylation sites (tertiary alicyclic amines) is 1. The summed E-state index contributed by atoms with van der Waals surface area (Å²) in [4.78, 5) is 31.0. The molecule has 1 saturated heterocycles. The zero-order chi connectivity index (χ0) is 26.9. The van der Waals surface area contributed by atoms with E-state index in [1.54, 1.807) is 28.8 Å². The third-order valence-electron chi connectivity index (χ3n) is 6.42. The van der Waals surface area contributed by atoms with E-state index >= 15 is 0 Å². The first-order valence-corrected chi connectivity index (χ1v) is 12.0. The Labute approximate surface area is 214 Å². The van der Waals surface area contributed by atoms with E-state index in [1.165, 1.54) is 12.1 Å². The zero-order valence-electron chi connectivity index (χ0n) is 20.3. The molecule has 0 saturated carbocycles. The van der Waals surface area contributed by atoms with Gasteiger partial charge in [-0.2, -0.15) is 23.3 Å². The number of hydrogen-bond acceptors (Lipinski definition) is 6. The van der Waals surface area contributed by atoms with Crippen LogP contribution in [0.5, 0.6) is 0 Å². The number of carbonyl (C=O) groups excluding carboxylic acids is 2. The largest absolute Gasteiger partial charge is 0.471 e. The molecule has 2 aromatic carbocycles. The van der Waals surface area contributed by atoms with Crippen LogP contribution in [0.3, 0.4) is 0 Å². The Morgan fingerprint density at radius 1 is 1.11 bits per heavy atom. The van der Waals surface area contributed by atoms with E-state index in [1.807, 2.05) is 24.3 Å². The zero-order valence-corrected chi connectivity index (χ0v) is 20.3. The number of amides is 3. The van der Waals surface area contributed by atoms with Gasteiger partial charge in [0.05, 0.1) is 11.6 Å². The molecule has 1 atom stereocenters. The number of urea groups is 1. The molecule has 10 nitrogen and oxygen atoms in total. The van der Waals surface area contributed by atoms with Crippen LogP contribution in [0, 0.1) is 0 Å². The molecule has 13 heteroatoms. The number of piperidine rings is 1. The van der Waals surface area contributed by atoms with Gasteiger partial charge in [0.25, 0.3) is 5.91 Å². The van der Waals surface area contributed by atoms with E-state index in [-0.39, 0.29) is 30.3 Å². The number of para-hydroxylation sites is 1. The molecular weight excluding hydrogens is 503 g/mol. The lowest BCUT2D eigenvalue weighted by atomic mass is 10.0. The molecule has 3 heterocycles. The monoisotopic (exact) mass is 527 g/mol. The van der Waals surface area contributed by atoms with Crippen LogP contribution < -0.4 is 10.6 Å². The van der Waals surface area contributed by atoms with Crippen molar-refractivity contribution >= 4 is 28.5 Å². The first-order chi connectivity index (χ1) is 18.2. The maximum Gasteiger partial charge on any atom is 0.471 e. The van der Waals surface area contributed by atoms with Crippen LogP contribution in [0.15, 0.2) is 53.1 Å². The van der Waals surface area contributed by atoms with Gasteiger partial charge in [-0.25, -0.2) is 4.79 Å². The fraction of sp³-hybridized carbons (Fsp3) is 0.320. The lowest BCUT2D eigenvalue weighted by Gasteiger charge is -2.35. The summed E-state index contributed by atoms with van der Waals surface area (Å²) < 4.78 is 44.0. The van der Waals surface area contributed by atoms with Crippen LogP contribution in [0.1, 0.15) is 35.6 Å². The van der Waals surface area contributed by atoms with Crippen molar-refractivity contribution in [3.63, 3.8) is 0 Å². The Morgan fingerprint density at radius 2 is 1.87 bits per heavy atom. The van der Waals surface area contributed by atoms with E-state index < -0.39 is 12.1 Å². The van der Waals surface area contributed by atoms with Gasteiger partial charge in [-0.15, -0.1) is 0 Å². The van der Waals surface area contributed by atoms with Crippen molar-refractivity contribution in [3.8, 4) is 11.4 Å². The molecule has 1 unspecified atom stereocenters. The Hall–Kier alpha value is -4.42. The number of halogens is 3. The van der Waals surface area contributed by atoms with Crippen molar-refractivity contribution < 1.29 is 27.3 Å². The SMILES string of the molecule is Cn1nc(C(=O)NCC2CCCCN2C(=O)Nc2ccc(-c3noc(C(F)(F)F)n3)cc2)c2ccccc21. The highest BCUT2D eigenvalue weighted by molar-refractivity contribution is 6.04. The molecule has 1 aliphatic rings. The number of alkyl halides is 3. The molecule has 198 valence electrons. The standard InChI is InChI=1S/C25H24F3N7O3/c1-34-19-8-3-2-7-18(19)20(32-34)22(36)29-14-17-6-4-5-13-35(17)24(37)30-16-11-9-15(10-12-16)21-31-23(38-33-21)25(26,27)28/h2-3,7-12,17H,4-6,13-14H2,1H3,(H,29,36)(H,30,37). The molecule has 3 amide bonds. The molecule has 0 aliphatic carbocycles. The van der Waals surface area contributed by atoms with E-state index in [0.29, 0.717) is 23.5 Å². The third-order valence-corrected chi connectivity index (χ3v) is 6.42. The van der Waals surface area contributed by atoms with Crippen LogP contribution in [-0.2, 0) is 13.2 Å². The maximum absolute atomic E-state index is 13.1. The summed E-state index contributed by atoms with van der Waals surface area (Å²) in [5, 5.41) is 14.2. The summed E-state index contributed by atoms with van der Waals surface area (Å²) in [6, 6.07) is 13.0. The molecule has 0 spiro atoms. The molecule has 2 N–H and O–H groups in total. The average Bonchev–Trinajstić information content (AvgIpc) is 3.54. The molecule has 0 bridgehead atoms. The lowest BCUT2D eigenvalue weighted by Crippen LogP contribution is -2.50. The number of hydrogen-bond donors (Lipinski definition) is 2. The quantitative estimate of drug-likeness (QED) is 0.396. The molecule has 1 fully saturated rings. The normalized spacial score (nSPS) is 16.0. The van der Waals surface area contributed by atoms with Crippen molar-refractivity contribution in [2.45, 2.75) is 31.5 Å². The van der Waals surface area contributed by atoms with Gasteiger partial charge < -0.3 is 20.1 Å². The molecule has 1 aliphatic heterocycles. The summed E-state index contributed by atoms with van der Waals surface area (Å²) in [7, 11) is 1.78. The highest BCUT2D eigenvalue weighted by atomic mass is 19.4. The van der Waals surface area contributed by atoms with Gasteiger partial charge in [0.15, 0.2) is 5.69 Å². The molecule has 2 aromatic heterocycles. The highest BCUT2D eigenvalue weighted by Crippen LogP contribution is 2.29. The second kappa shape index (κ2) is 10.1. The van der Waals surface area contributed by atoms with Crippen molar-refractivity contribution in [1.82, 2.24) is 30.1 Å². The summed E-state index contributed by atoms with van der Waals surface area (Å²) in [6.07, 6.45) is -2.23. The predicted octanol–water partition coefficient (Wildman–Crippen LogP) is 4.46. The molecule has 4 aromatic rings. The smallest absolute Gasteiger partial charge is 0.349 e. The average molecular weight is 528 g/mol. The minimum Gasteiger partial charge on any atom is -0.349 e. The van der Waals surface area contributed by atoms with Crippen molar-refractivity contribution in [1.29, 1.82) is 0 Å². The topological polar surface area (TPSA) is 118 Å². The second-order valence-electron chi connectivity index (χ2n) is 8.97. The summed E-state index contributed by atoms with van der Waals surface area (Å²) in [5.74, 6) is -1.94. The lowest BCUT2D eigenvalue weighted by molar-refractivity contribution is -0.159. The fourth-order valence-electron chi connectivity index (χ4n) is 4.51. The third kappa shape index (κ3) is 5.17. The van der Waals surface area contributed by atoms with Gasteiger partial charge in [-0.1, -0.05) is 23.4 Å². The van der Waals surface area contributed by atoms with E-state index in [4.69, 9.17) is 0 Å². The van der Waals surface area contributed by atoms with Gasteiger partial charge in [-0.3, -0.25) is 9.48 Å². The summed E-state index contributed by atoms with van der Waals surface area (Å²) in [5.41, 5.74) is 1.94. The van der Waals surface area contributed by atoms with Crippen LogP contribution in [0.2, 0.25) is 0 Å². The van der Waals surface area contributed by atoms with Gasteiger partial charge in [-0.05, 0) is 49.6 Å². The number of aromatic nitrogens is 4. The first-order valence-electron chi connectivity index (χ1n) is 12.0. The van der Waals surface area contributed by atoms with Crippen LogP contribution >= 0.6 is 0 Å². The van der Waals surface area contributed by atoms with Gasteiger partial charge in [0, 0.05) is 36.8 Å². The number of rotatable bonds is 5. The van der Waals surface area contributed by atoms with E-state index in [0.717, 1.165) is 30.2 Å². The molecule has 5 rings (SSSR count). The number of nitrogens with zero attached hydrogens (tertiary/aromatic N) is 5.